The van der Waals surface area contributed by atoms with Gasteiger partial charge in [-0.1, -0.05) is 25.8 Å². The van der Waals surface area contributed by atoms with Crippen LogP contribution in [0.25, 0.3) is 0 Å². The molecule has 2 rings (SSSR count). The van der Waals surface area contributed by atoms with Crippen LogP contribution in [0.1, 0.15) is 45.1 Å². The maximum Gasteiger partial charge on any atom is 0.227 e. The van der Waals surface area contributed by atoms with Gasteiger partial charge < -0.3 is 10.6 Å². The summed E-state index contributed by atoms with van der Waals surface area (Å²) in [6.45, 7) is 3.52. The Morgan fingerprint density at radius 3 is 2.32 bits per heavy atom. The Balaban J connectivity index is 2.26. The van der Waals surface area contributed by atoms with Gasteiger partial charge in [-0.05, 0) is 31.9 Å². The smallest absolute Gasteiger partial charge is 0.227 e. The summed E-state index contributed by atoms with van der Waals surface area (Å²) in [5.74, 6) is -1.70. The van der Waals surface area contributed by atoms with Crippen molar-refractivity contribution in [1.29, 1.82) is 0 Å². The molecule has 1 saturated carbocycles. The van der Waals surface area contributed by atoms with Crippen molar-refractivity contribution in [3.63, 3.8) is 0 Å². The molecule has 2 N–H and O–H groups in total. The van der Waals surface area contributed by atoms with E-state index in [1.165, 1.54) is 18.2 Å². The van der Waals surface area contributed by atoms with Crippen molar-refractivity contribution < 1.29 is 13.6 Å². The maximum atomic E-state index is 13.9. The van der Waals surface area contributed by atoms with E-state index in [0.29, 0.717) is 0 Å². The largest absolute Gasteiger partial charge is 0.335 e. The predicted molar refractivity (Wildman–Crippen MR) is 82.0 cm³/mol. The SMILES string of the molecule is CC(N)C(C)C(=O)N(Cc1c(F)cccc1F)C1CCCC1. The normalized spacial score (nSPS) is 18.2. The summed E-state index contributed by atoms with van der Waals surface area (Å²) < 4.78 is 27.8. The van der Waals surface area contributed by atoms with E-state index < -0.39 is 11.6 Å². The Labute approximate surface area is 130 Å². The van der Waals surface area contributed by atoms with E-state index in [9.17, 15) is 13.6 Å². The second-order valence-corrected chi connectivity index (χ2v) is 6.25. The quantitative estimate of drug-likeness (QED) is 0.907. The van der Waals surface area contributed by atoms with Gasteiger partial charge in [-0.3, -0.25) is 4.79 Å². The van der Waals surface area contributed by atoms with Crippen molar-refractivity contribution in [2.24, 2.45) is 11.7 Å². The second kappa shape index (κ2) is 7.18. The van der Waals surface area contributed by atoms with Crippen molar-refractivity contribution in [2.45, 2.75) is 58.2 Å². The third-order valence-corrected chi connectivity index (χ3v) is 4.62. The van der Waals surface area contributed by atoms with Crippen LogP contribution in [0.5, 0.6) is 0 Å². The van der Waals surface area contributed by atoms with Crippen molar-refractivity contribution in [3.05, 3.63) is 35.4 Å². The lowest BCUT2D eigenvalue weighted by atomic mass is 10.0. The van der Waals surface area contributed by atoms with E-state index in [0.717, 1.165) is 25.7 Å². The first-order valence-corrected chi connectivity index (χ1v) is 7.90. The molecule has 1 aliphatic carbocycles. The highest BCUT2D eigenvalue weighted by molar-refractivity contribution is 5.79. The van der Waals surface area contributed by atoms with Crippen LogP contribution in [-0.2, 0) is 11.3 Å². The fourth-order valence-electron chi connectivity index (χ4n) is 2.94. The highest BCUT2D eigenvalue weighted by Gasteiger charge is 2.32. The minimum absolute atomic E-state index is 0.0287. The molecule has 1 aromatic carbocycles. The summed E-state index contributed by atoms with van der Waals surface area (Å²) in [4.78, 5) is 14.3. The van der Waals surface area contributed by atoms with Crippen molar-refractivity contribution >= 4 is 5.91 Å². The van der Waals surface area contributed by atoms with E-state index >= 15 is 0 Å². The fourth-order valence-corrected chi connectivity index (χ4v) is 2.94. The van der Waals surface area contributed by atoms with Gasteiger partial charge in [-0.2, -0.15) is 0 Å². The Hall–Kier alpha value is -1.49. The molecule has 2 atom stereocenters. The zero-order valence-electron chi connectivity index (χ0n) is 13.2. The maximum absolute atomic E-state index is 13.9. The summed E-state index contributed by atoms with van der Waals surface area (Å²) in [6.07, 6.45) is 3.85. The minimum atomic E-state index is -0.607. The summed E-state index contributed by atoms with van der Waals surface area (Å²) in [5, 5.41) is 0. The molecule has 1 aromatic rings. The summed E-state index contributed by atoms with van der Waals surface area (Å²) >= 11 is 0. The van der Waals surface area contributed by atoms with Crippen LogP contribution in [0, 0.1) is 17.6 Å². The third-order valence-electron chi connectivity index (χ3n) is 4.62. The van der Waals surface area contributed by atoms with Crippen LogP contribution in [0.3, 0.4) is 0 Å². The number of benzene rings is 1. The molecule has 0 aliphatic heterocycles. The molecule has 1 fully saturated rings. The zero-order valence-corrected chi connectivity index (χ0v) is 13.2. The van der Waals surface area contributed by atoms with Crippen LogP contribution in [0.2, 0.25) is 0 Å². The number of carbonyl (C=O) groups is 1. The molecule has 2 unspecified atom stereocenters. The average Bonchev–Trinajstić information content (AvgIpc) is 2.99. The van der Waals surface area contributed by atoms with Gasteiger partial charge in [-0.15, -0.1) is 0 Å². The van der Waals surface area contributed by atoms with E-state index in [-0.39, 0.29) is 36.0 Å². The monoisotopic (exact) mass is 310 g/mol. The van der Waals surface area contributed by atoms with Crippen molar-refractivity contribution in [1.82, 2.24) is 4.90 Å². The summed E-state index contributed by atoms with van der Waals surface area (Å²) in [7, 11) is 0. The first kappa shape index (κ1) is 16.9. The Bertz CT molecular complexity index is 507. The zero-order chi connectivity index (χ0) is 16.3. The lowest BCUT2D eigenvalue weighted by molar-refractivity contribution is -0.138. The molecule has 0 heterocycles. The second-order valence-electron chi connectivity index (χ2n) is 6.25. The van der Waals surface area contributed by atoms with Gasteiger partial charge in [0.25, 0.3) is 0 Å². The van der Waals surface area contributed by atoms with Crippen LogP contribution in [0.4, 0.5) is 8.78 Å². The first-order chi connectivity index (χ1) is 10.4. The molecule has 22 heavy (non-hydrogen) atoms. The van der Waals surface area contributed by atoms with E-state index in [1.54, 1.807) is 18.7 Å². The molecule has 1 amide bonds. The number of hydrogen-bond donors (Lipinski definition) is 1. The minimum Gasteiger partial charge on any atom is -0.335 e. The van der Waals surface area contributed by atoms with Gasteiger partial charge in [0.15, 0.2) is 0 Å². The van der Waals surface area contributed by atoms with E-state index in [2.05, 4.69) is 0 Å². The molecule has 0 radical (unpaired) electrons. The Morgan fingerprint density at radius 2 is 1.82 bits per heavy atom. The highest BCUT2D eigenvalue weighted by atomic mass is 19.1. The molecule has 0 bridgehead atoms. The lowest BCUT2D eigenvalue weighted by Gasteiger charge is -2.32. The van der Waals surface area contributed by atoms with Crippen LogP contribution in [0.15, 0.2) is 18.2 Å². The van der Waals surface area contributed by atoms with Crippen LogP contribution < -0.4 is 5.73 Å². The number of carbonyl (C=O) groups excluding carboxylic acids is 1. The first-order valence-electron chi connectivity index (χ1n) is 7.90. The number of hydrogen-bond acceptors (Lipinski definition) is 2. The molecule has 0 saturated heterocycles. The molecular formula is C17H24F2N2O. The average molecular weight is 310 g/mol. The van der Waals surface area contributed by atoms with Crippen molar-refractivity contribution in [2.75, 3.05) is 0 Å². The van der Waals surface area contributed by atoms with Gasteiger partial charge in [-0.25, -0.2) is 8.78 Å². The molecule has 3 nitrogen and oxygen atoms in total. The number of rotatable bonds is 5. The number of nitrogens with two attached hydrogens (primary N) is 1. The Morgan fingerprint density at radius 1 is 1.27 bits per heavy atom. The molecule has 5 heteroatoms. The molecule has 0 aromatic heterocycles. The molecule has 1 aliphatic rings. The van der Waals surface area contributed by atoms with Gasteiger partial charge in [0, 0.05) is 17.6 Å². The number of halogens is 2. The topological polar surface area (TPSA) is 46.3 Å². The van der Waals surface area contributed by atoms with Crippen molar-refractivity contribution in [3.8, 4) is 0 Å². The number of amides is 1. The molecular weight excluding hydrogens is 286 g/mol. The van der Waals surface area contributed by atoms with Gasteiger partial charge in [0.05, 0.1) is 12.5 Å². The van der Waals surface area contributed by atoms with E-state index in [1.807, 2.05) is 0 Å². The van der Waals surface area contributed by atoms with Gasteiger partial charge >= 0.3 is 0 Å². The number of nitrogens with zero attached hydrogens (tertiary/aromatic N) is 1. The van der Waals surface area contributed by atoms with Gasteiger partial charge in [0.2, 0.25) is 5.91 Å². The summed E-state index contributed by atoms with van der Waals surface area (Å²) in [5.41, 5.74) is 5.79. The Kier molecular flexibility index (Phi) is 5.51. The highest BCUT2D eigenvalue weighted by Crippen LogP contribution is 2.28. The standard InChI is InChI=1S/C17H24F2N2O/c1-11(12(2)20)17(22)21(13-6-3-4-7-13)10-14-15(18)8-5-9-16(14)19/h5,8-9,11-13H,3-4,6-7,10,20H2,1-2H3. The predicted octanol–water partition coefficient (Wildman–Crippen LogP) is 3.22. The molecule has 122 valence electrons. The summed E-state index contributed by atoms with van der Waals surface area (Å²) in [6, 6.07) is 3.55. The third kappa shape index (κ3) is 3.64. The van der Waals surface area contributed by atoms with Crippen LogP contribution in [-0.4, -0.2) is 22.9 Å². The fraction of sp³-hybridized carbons (Fsp3) is 0.588. The van der Waals surface area contributed by atoms with Crippen LogP contribution >= 0.6 is 0 Å². The molecule has 0 spiro atoms. The lowest BCUT2D eigenvalue weighted by Crippen LogP contribution is -2.45. The van der Waals surface area contributed by atoms with Gasteiger partial charge in [0.1, 0.15) is 11.6 Å². The van der Waals surface area contributed by atoms with E-state index in [4.69, 9.17) is 5.73 Å².